The average molecular weight is 355 g/mol. The number of halogens is 1. The lowest BCUT2D eigenvalue weighted by atomic mass is 10.1. The second-order valence-electron chi connectivity index (χ2n) is 6.12. The highest BCUT2D eigenvalue weighted by molar-refractivity contribution is 9.10. The molecule has 1 atom stereocenters. The predicted octanol–water partition coefficient (Wildman–Crippen LogP) is 1.99. The van der Waals surface area contributed by atoms with Crippen molar-refractivity contribution in [3.63, 3.8) is 0 Å². The van der Waals surface area contributed by atoms with Crippen LogP contribution < -0.4 is 15.8 Å². The van der Waals surface area contributed by atoms with E-state index in [1.807, 2.05) is 6.20 Å². The third-order valence-corrected chi connectivity index (χ3v) is 5.09. The van der Waals surface area contributed by atoms with Crippen LogP contribution in [0.3, 0.4) is 0 Å². The Labute approximate surface area is 133 Å². The molecule has 0 amide bonds. The Bertz CT molecular complexity index is 553. The number of piperidine rings is 1. The Kier molecular flexibility index (Phi) is 4.64. The zero-order chi connectivity index (χ0) is 14.8. The lowest BCUT2D eigenvalue weighted by Gasteiger charge is -2.35. The molecular weight excluding hydrogens is 332 g/mol. The summed E-state index contributed by atoms with van der Waals surface area (Å²) in [7, 11) is 0. The van der Waals surface area contributed by atoms with Gasteiger partial charge in [0, 0.05) is 25.7 Å². The number of aromatic nitrogens is 2. The molecule has 2 heterocycles. The molecule has 3 rings (SSSR count). The molecule has 1 aromatic heterocycles. The van der Waals surface area contributed by atoms with E-state index in [-0.39, 0.29) is 5.56 Å². The van der Waals surface area contributed by atoms with E-state index in [9.17, 15) is 4.79 Å². The van der Waals surface area contributed by atoms with Crippen molar-refractivity contribution in [3.05, 3.63) is 21.0 Å². The molecule has 1 unspecified atom stereocenters. The molecule has 0 aromatic carbocycles. The summed E-state index contributed by atoms with van der Waals surface area (Å²) < 4.78 is 2.27. The third-order valence-electron chi connectivity index (χ3n) is 4.35. The maximum absolute atomic E-state index is 12.4. The van der Waals surface area contributed by atoms with Crippen molar-refractivity contribution in [1.82, 2.24) is 15.1 Å². The zero-order valence-electron chi connectivity index (χ0n) is 12.5. The molecule has 1 aliphatic carbocycles. The van der Waals surface area contributed by atoms with Gasteiger partial charge in [-0.05, 0) is 54.1 Å². The lowest BCUT2D eigenvalue weighted by molar-refractivity contribution is 0.429. The van der Waals surface area contributed by atoms with E-state index in [0.717, 1.165) is 38.3 Å². The first-order valence-electron chi connectivity index (χ1n) is 7.93. The summed E-state index contributed by atoms with van der Waals surface area (Å²) in [6.07, 6.45) is 6.65. The van der Waals surface area contributed by atoms with E-state index >= 15 is 0 Å². The summed E-state index contributed by atoms with van der Waals surface area (Å²) in [4.78, 5) is 14.7. The number of hydrogen-bond acceptors (Lipinski definition) is 4. The van der Waals surface area contributed by atoms with E-state index < -0.39 is 0 Å². The van der Waals surface area contributed by atoms with Gasteiger partial charge in [0.25, 0.3) is 5.56 Å². The van der Waals surface area contributed by atoms with E-state index in [1.165, 1.54) is 19.3 Å². The van der Waals surface area contributed by atoms with Gasteiger partial charge in [0.15, 0.2) is 0 Å². The van der Waals surface area contributed by atoms with Crippen molar-refractivity contribution >= 4 is 21.6 Å². The van der Waals surface area contributed by atoms with Gasteiger partial charge in [-0.25, -0.2) is 4.68 Å². The average Bonchev–Trinajstić information content (AvgIpc) is 3.29. The van der Waals surface area contributed by atoms with Gasteiger partial charge in [-0.3, -0.25) is 4.79 Å². The number of anilines is 1. The maximum atomic E-state index is 12.4. The van der Waals surface area contributed by atoms with Crippen LogP contribution in [-0.2, 0) is 6.54 Å². The second-order valence-corrected chi connectivity index (χ2v) is 6.91. The number of nitrogens with zero attached hydrogens (tertiary/aromatic N) is 3. The van der Waals surface area contributed by atoms with Gasteiger partial charge in [0.05, 0.1) is 11.9 Å². The molecular formula is C15H23BrN4O. The summed E-state index contributed by atoms with van der Waals surface area (Å²) in [5, 5.41) is 7.88. The number of likely N-dealkylation sites (N-methyl/N-ethyl adjacent to an activating group) is 1. The quantitative estimate of drug-likeness (QED) is 0.878. The zero-order valence-corrected chi connectivity index (χ0v) is 14.1. The molecule has 21 heavy (non-hydrogen) atoms. The van der Waals surface area contributed by atoms with Crippen molar-refractivity contribution in [2.45, 2.75) is 45.2 Å². The third kappa shape index (κ3) is 3.48. The van der Waals surface area contributed by atoms with E-state index in [2.05, 4.69) is 38.2 Å². The van der Waals surface area contributed by atoms with Gasteiger partial charge < -0.3 is 10.2 Å². The summed E-state index contributed by atoms with van der Waals surface area (Å²) >= 11 is 3.50. The Morgan fingerprint density at radius 3 is 2.95 bits per heavy atom. The standard InChI is InChI=1S/C15H23BrN4O/c1-2-17-12-4-3-7-19(10-12)13-8-18-20(9-11-5-6-11)15(21)14(13)16/h8,11-12,17H,2-7,9-10H2,1H3. The van der Waals surface area contributed by atoms with Crippen LogP contribution in [0.1, 0.15) is 32.6 Å². The first kappa shape index (κ1) is 15.0. The van der Waals surface area contributed by atoms with Crippen molar-refractivity contribution in [2.24, 2.45) is 5.92 Å². The number of hydrogen-bond donors (Lipinski definition) is 1. The minimum absolute atomic E-state index is 0.00461. The summed E-state index contributed by atoms with van der Waals surface area (Å²) in [5.74, 6) is 0.654. The van der Waals surface area contributed by atoms with Gasteiger partial charge in [-0.15, -0.1) is 0 Å². The Morgan fingerprint density at radius 2 is 2.24 bits per heavy atom. The van der Waals surface area contributed by atoms with Gasteiger partial charge in [0.2, 0.25) is 0 Å². The second kappa shape index (κ2) is 6.48. The molecule has 5 nitrogen and oxygen atoms in total. The largest absolute Gasteiger partial charge is 0.368 e. The molecule has 0 radical (unpaired) electrons. The summed E-state index contributed by atoms with van der Waals surface area (Å²) in [6, 6.07) is 0.504. The summed E-state index contributed by atoms with van der Waals surface area (Å²) in [5.41, 5.74) is 0.944. The first-order valence-corrected chi connectivity index (χ1v) is 8.72. The van der Waals surface area contributed by atoms with Gasteiger partial charge in [-0.2, -0.15) is 5.10 Å². The molecule has 1 aliphatic heterocycles. The van der Waals surface area contributed by atoms with Crippen LogP contribution in [0, 0.1) is 5.92 Å². The Morgan fingerprint density at radius 1 is 1.43 bits per heavy atom. The molecule has 1 N–H and O–H groups in total. The van der Waals surface area contributed by atoms with E-state index in [4.69, 9.17) is 0 Å². The molecule has 1 aromatic rings. The van der Waals surface area contributed by atoms with Crippen LogP contribution in [-0.4, -0.2) is 35.5 Å². The van der Waals surface area contributed by atoms with Gasteiger partial charge >= 0.3 is 0 Å². The Balaban J connectivity index is 1.78. The molecule has 1 saturated carbocycles. The SMILES string of the molecule is CCNC1CCCN(c2cnn(CC3CC3)c(=O)c2Br)C1. The fraction of sp³-hybridized carbons (Fsp3) is 0.733. The first-order chi connectivity index (χ1) is 10.2. The van der Waals surface area contributed by atoms with Crippen LogP contribution in [0.15, 0.2) is 15.5 Å². The normalized spacial score (nSPS) is 22.6. The molecule has 1 saturated heterocycles. The summed E-state index contributed by atoms with van der Waals surface area (Å²) in [6.45, 7) is 5.82. The minimum atomic E-state index is 0.00461. The molecule has 2 fully saturated rings. The van der Waals surface area contributed by atoms with Gasteiger partial charge in [0.1, 0.15) is 4.47 Å². The van der Waals surface area contributed by atoms with Crippen molar-refractivity contribution in [1.29, 1.82) is 0 Å². The fourth-order valence-electron chi connectivity index (χ4n) is 3.00. The maximum Gasteiger partial charge on any atom is 0.283 e. The Hall–Kier alpha value is -0.880. The van der Waals surface area contributed by atoms with Crippen molar-refractivity contribution < 1.29 is 0 Å². The molecule has 0 bridgehead atoms. The smallest absolute Gasteiger partial charge is 0.283 e. The fourth-order valence-corrected chi connectivity index (χ4v) is 3.56. The van der Waals surface area contributed by atoms with Crippen LogP contribution in [0.4, 0.5) is 5.69 Å². The molecule has 6 heteroatoms. The van der Waals surface area contributed by atoms with E-state index in [1.54, 1.807) is 4.68 Å². The molecule has 116 valence electrons. The highest BCUT2D eigenvalue weighted by atomic mass is 79.9. The minimum Gasteiger partial charge on any atom is -0.368 e. The highest BCUT2D eigenvalue weighted by Gasteiger charge is 2.25. The predicted molar refractivity (Wildman–Crippen MR) is 87.8 cm³/mol. The number of nitrogens with one attached hydrogen (secondary N) is 1. The van der Waals surface area contributed by atoms with Crippen LogP contribution in [0.2, 0.25) is 0 Å². The van der Waals surface area contributed by atoms with E-state index in [0.29, 0.717) is 16.4 Å². The van der Waals surface area contributed by atoms with Crippen LogP contribution >= 0.6 is 15.9 Å². The van der Waals surface area contributed by atoms with Gasteiger partial charge in [-0.1, -0.05) is 6.92 Å². The highest BCUT2D eigenvalue weighted by Crippen LogP contribution is 2.30. The number of rotatable bonds is 5. The van der Waals surface area contributed by atoms with Crippen molar-refractivity contribution in [3.8, 4) is 0 Å². The van der Waals surface area contributed by atoms with Crippen LogP contribution in [0.25, 0.3) is 0 Å². The lowest BCUT2D eigenvalue weighted by Crippen LogP contribution is -2.46. The van der Waals surface area contributed by atoms with Crippen molar-refractivity contribution in [2.75, 3.05) is 24.5 Å². The van der Waals surface area contributed by atoms with Crippen LogP contribution in [0.5, 0.6) is 0 Å². The monoisotopic (exact) mass is 354 g/mol. The molecule has 0 spiro atoms. The molecule has 2 aliphatic rings. The topological polar surface area (TPSA) is 50.2 Å².